The molecule has 0 spiro atoms. The van der Waals surface area contributed by atoms with E-state index < -0.39 is 28.5 Å². The number of anilines is 1. The van der Waals surface area contributed by atoms with E-state index in [4.69, 9.17) is 11.6 Å². The van der Waals surface area contributed by atoms with Crippen LogP contribution in [0.15, 0.2) is 54.6 Å². The van der Waals surface area contributed by atoms with Crippen molar-refractivity contribution in [3.05, 3.63) is 65.2 Å². The summed E-state index contributed by atoms with van der Waals surface area (Å²) >= 11 is 6.37. The Labute approximate surface area is 207 Å². The van der Waals surface area contributed by atoms with Crippen LogP contribution in [0, 0.1) is 0 Å². The van der Waals surface area contributed by atoms with Gasteiger partial charge in [0.15, 0.2) is 0 Å². The number of hydrogen-bond donors (Lipinski definition) is 1. The van der Waals surface area contributed by atoms with Crippen molar-refractivity contribution in [1.29, 1.82) is 0 Å². The van der Waals surface area contributed by atoms with Gasteiger partial charge in [-0.3, -0.25) is 13.9 Å². The number of hydrogen-bond acceptors (Lipinski definition) is 4. The summed E-state index contributed by atoms with van der Waals surface area (Å²) in [5.41, 5.74) is 1.08. The van der Waals surface area contributed by atoms with E-state index in [1.165, 1.54) is 4.90 Å². The number of sulfonamides is 1. The van der Waals surface area contributed by atoms with Gasteiger partial charge in [-0.15, -0.1) is 0 Å². The number of halogens is 1. The van der Waals surface area contributed by atoms with Gasteiger partial charge in [-0.05, 0) is 43.0 Å². The number of carbonyl (C=O) groups excluding carboxylic acids is 2. The van der Waals surface area contributed by atoms with Gasteiger partial charge in [0.25, 0.3) is 0 Å². The fourth-order valence-corrected chi connectivity index (χ4v) is 5.35. The maximum atomic E-state index is 13.6. The molecule has 0 heterocycles. The Morgan fingerprint density at radius 1 is 1.06 bits per heavy atom. The van der Waals surface area contributed by atoms with Crippen LogP contribution in [0.2, 0.25) is 5.02 Å². The lowest BCUT2D eigenvalue weighted by atomic mass is 10.1. The molecule has 1 fully saturated rings. The van der Waals surface area contributed by atoms with Crippen LogP contribution in [0.4, 0.5) is 5.69 Å². The van der Waals surface area contributed by atoms with Crippen molar-refractivity contribution in [1.82, 2.24) is 10.2 Å². The predicted octanol–water partition coefficient (Wildman–Crippen LogP) is 3.97. The van der Waals surface area contributed by atoms with Gasteiger partial charge in [-0.25, -0.2) is 8.42 Å². The maximum absolute atomic E-state index is 13.6. The van der Waals surface area contributed by atoms with E-state index in [-0.39, 0.29) is 18.5 Å². The van der Waals surface area contributed by atoms with Crippen molar-refractivity contribution >= 4 is 39.1 Å². The lowest BCUT2D eigenvalue weighted by molar-refractivity contribution is -0.140. The van der Waals surface area contributed by atoms with Crippen molar-refractivity contribution in [3.8, 4) is 0 Å². The fraction of sp³-hybridized carbons (Fsp3) is 0.440. The summed E-state index contributed by atoms with van der Waals surface area (Å²) < 4.78 is 26.2. The maximum Gasteiger partial charge on any atom is 0.244 e. The summed E-state index contributed by atoms with van der Waals surface area (Å²) in [4.78, 5) is 28.3. The first-order valence-electron chi connectivity index (χ1n) is 11.6. The standard InChI is InChI=1S/C25H32ClN3O4S/c1-3-23(25(31)27-20-12-8-9-13-20)28(17-19-11-7-10-16-22(19)26)24(30)18-29(34(2,32)33)21-14-5-4-6-15-21/h4-7,10-11,14-16,20,23H,3,8-9,12-13,17-18H2,1-2H3,(H,27,31). The monoisotopic (exact) mass is 505 g/mol. The average Bonchev–Trinajstić information content (AvgIpc) is 3.31. The molecular weight excluding hydrogens is 474 g/mol. The summed E-state index contributed by atoms with van der Waals surface area (Å²) in [6, 6.07) is 15.0. The third kappa shape index (κ3) is 6.73. The van der Waals surface area contributed by atoms with E-state index >= 15 is 0 Å². The van der Waals surface area contributed by atoms with Gasteiger partial charge in [0.05, 0.1) is 11.9 Å². The smallest absolute Gasteiger partial charge is 0.244 e. The molecule has 1 unspecified atom stereocenters. The van der Waals surface area contributed by atoms with Gasteiger partial charge in [0, 0.05) is 17.6 Å². The number of nitrogens with one attached hydrogen (secondary N) is 1. The van der Waals surface area contributed by atoms with Crippen molar-refractivity contribution in [2.75, 3.05) is 17.1 Å². The van der Waals surface area contributed by atoms with Crippen LogP contribution < -0.4 is 9.62 Å². The number of para-hydroxylation sites is 1. The van der Waals surface area contributed by atoms with Crippen LogP contribution in [0.3, 0.4) is 0 Å². The Hall–Kier alpha value is -2.58. The minimum Gasteiger partial charge on any atom is -0.352 e. The fourth-order valence-electron chi connectivity index (χ4n) is 4.31. The quantitative estimate of drug-likeness (QED) is 0.529. The normalized spacial score (nSPS) is 15.0. The first-order chi connectivity index (χ1) is 16.2. The van der Waals surface area contributed by atoms with E-state index in [2.05, 4.69) is 5.32 Å². The molecule has 34 heavy (non-hydrogen) atoms. The minimum atomic E-state index is -3.74. The highest BCUT2D eigenvalue weighted by Crippen LogP contribution is 2.23. The molecule has 2 amide bonds. The van der Waals surface area contributed by atoms with Crippen LogP contribution in [-0.2, 0) is 26.2 Å². The second kappa shape index (κ2) is 11.7. The molecule has 0 aromatic heterocycles. The molecule has 2 aromatic rings. The van der Waals surface area contributed by atoms with Crippen molar-refractivity contribution in [2.45, 2.75) is 57.7 Å². The van der Waals surface area contributed by atoms with E-state index in [0.717, 1.165) is 36.2 Å². The Balaban J connectivity index is 1.91. The summed E-state index contributed by atoms with van der Waals surface area (Å²) in [7, 11) is -3.74. The molecule has 1 saturated carbocycles. The van der Waals surface area contributed by atoms with Gasteiger partial charge in [0.2, 0.25) is 21.8 Å². The molecule has 0 saturated heterocycles. The van der Waals surface area contributed by atoms with Crippen molar-refractivity contribution in [3.63, 3.8) is 0 Å². The van der Waals surface area contributed by atoms with Gasteiger partial charge < -0.3 is 10.2 Å². The first kappa shape index (κ1) is 26.0. The molecule has 1 aliphatic carbocycles. The number of carbonyl (C=O) groups is 2. The molecule has 9 heteroatoms. The lowest BCUT2D eigenvalue weighted by Crippen LogP contribution is -2.53. The van der Waals surface area contributed by atoms with Crippen LogP contribution in [-0.4, -0.2) is 50.0 Å². The van der Waals surface area contributed by atoms with Crippen LogP contribution in [0.1, 0.15) is 44.6 Å². The van der Waals surface area contributed by atoms with Gasteiger partial charge in [-0.2, -0.15) is 0 Å². The molecular formula is C25H32ClN3O4S. The second-order valence-corrected chi connectivity index (χ2v) is 10.9. The highest BCUT2D eigenvalue weighted by molar-refractivity contribution is 7.92. The summed E-state index contributed by atoms with van der Waals surface area (Å²) in [6.07, 6.45) is 5.45. The van der Waals surface area contributed by atoms with Gasteiger partial charge >= 0.3 is 0 Å². The molecule has 1 aliphatic rings. The third-order valence-corrected chi connectivity index (χ3v) is 7.62. The lowest BCUT2D eigenvalue weighted by Gasteiger charge is -2.33. The molecule has 0 radical (unpaired) electrons. The van der Waals surface area contributed by atoms with Gasteiger partial charge in [0.1, 0.15) is 12.6 Å². The third-order valence-electron chi connectivity index (χ3n) is 6.11. The zero-order valence-corrected chi connectivity index (χ0v) is 21.2. The van der Waals surface area contributed by atoms with Crippen molar-refractivity contribution in [2.24, 2.45) is 0 Å². The zero-order chi connectivity index (χ0) is 24.7. The number of rotatable bonds is 10. The van der Waals surface area contributed by atoms with Crippen LogP contribution >= 0.6 is 11.6 Å². The number of benzene rings is 2. The van der Waals surface area contributed by atoms with Crippen LogP contribution in [0.25, 0.3) is 0 Å². The highest BCUT2D eigenvalue weighted by Gasteiger charge is 2.33. The van der Waals surface area contributed by atoms with E-state index in [9.17, 15) is 18.0 Å². The minimum absolute atomic E-state index is 0.0987. The van der Waals surface area contributed by atoms with Crippen LogP contribution in [0.5, 0.6) is 0 Å². The molecule has 7 nitrogen and oxygen atoms in total. The summed E-state index contributed by atoms with van der Waals surface area (Å²) in [5, 5.41) is 3.56. The van der Waals surface area contributed by atoms with E-state index in [0.29, 0.717) is 22.7 Å². The molecule has 0 bridgehead atoms. The average molecular weight is 506 g/mol. The molecule has 184 valence electrons. The summed E-state index contributed by atoms with van der Waals surface area (Å²) in [6.45, 7) is 1.53. The Kier molecular flexibility index (Phi) is 8.97. The Morgan fingerprint density at radius 3 is 2.26 bits per heavy atom. The summed E-state index contributed by atoms with van der Waals surface area (Å²) in [5.74, 6) is -0.692. The molecule has 2 aromatic carbocycles. The predicted molar refractivity (Wildman–Crippen MR) is 135 cm³/mol. The topological polar surface area (TPSA) is 86.8 Å². The Morgan fingerprint density at radius 2 is 1.68 bits per heavy atom. The number of nitrogens with zero attached hydrogens (tertiary/aromatic N) is 2. The zero-order valence-electron chi connectivity index (χ0n) is 19.6. The van der Waals surface area contributed by atoms with E-state index in [1.807, 2.05) is 13.0 Å². The molecule has 3 rings (SSSR count). The number of amides is 2. The SMILES string of the molecule is CCC(C(=O)NC1CCCC1)N(Cc1ccccc1Cl)C(=O)CN(c1ccccc1)S(C)(=O)=O. The van der Waals surface area contributed by atoms with E-state index in [1.54, 1.807) is 48.5 Å². The first-order valence-corrected chi connectivity index (χ1v) is 13.8. The van der Waals surface area contributed by atoms with Crippen molar-refractivity contribution < 1.29 is 18.0 Å². The largest absolute Gasteiger partial charge is 0.352 e. The second-order valence-electron chi connectivity index (χ2n) is 8.63. The molecule has 1 atom stereocenters. The highest BCUT2D eigenvalue weighted by atomic mass is 35.5. The molecule has 1 N–H and O–H groups in total. The Bertz CT molecular complexity index is 1090. The molecule has 0 aliphatic heterocycles. The van der Waals surface area contributed by atoms with Gasteiger partial charge in [-0.1, -0.05) is 67.8 Å².